The fourth-order valence-electron chi connectivity index (χ4n) is 2.21. The maximum atomic E-state index is 11.5. The van der Waals surface area contributed by atoms with E-state index in [1.807, 2.05) is 4.90 Å². The zero-order valence-corrected chi connectivity index (χ0v) is 7.95. The number of ether oxygens (including phenoxy) is 1. The summed E-state index contributed by atoms with van der Waals surface area (Å²) in [6, 6.07) is 0.264. The molecule has 0 spiro atoms. The van der Waals surface area contributed by atoms with Crippen LogP contribution in [0.25, 0.3) is 0 Å². The number of carbonyl (C=O) groups is 1. The van der Waals surface area contributed by atoms with Crippen molar-refractivity contribution in [3.8, 4) is 0 Å². The average Bonchev–Trinajstić information content (AvgIpc) is 2.71. The Balaban J connectivity index is 2.02. The van der Waals surface area contributed by atoms with Crippen molar-refractivity contribution in [1.29, 1.82) is 0 Å². The largest absolute Gasteiger partial charge is 0.378 e. The van der Waals surface area contributed by atoms with Crippen LogP contribution in [0, 0.1) is 0 Å². The van der Waals surface area contributed by atoms with Gasteiger partial charge < -0.3 is 15.0 Å². The molecule has 2 saturated heterocycles. The minimum absolute atomic E-state index is 0.182. The lowest BCUT2D eigenvalue weighted by Gasteiger charge is -2.27. The van der Waals surface area contributed by atoms with Crippen LogP contribution in [0.15, 0.2) is 0 Å². The van der Waals surface area contributed by atoms with Gasteiger partial charge in [-0.1, -0.05) is 0 Å². The Bertz CT molecular complexity index is 208. The summed E-state index contributed by atoms with van der Waals surface area (Å²) in [6.07, 6.45) is 1.90. The van der Waals surface area contributed by atoms with Crippen molar-refractivity contribution in [2.75, 3.05) is 26.7 Å². The predicted octanol–water partition coefficient (Wildman–Crippen LogP) is -0.404. The van der Waals surface area contributed by atoms with E-state index < -0.39 is 0 Å². The lowest BCUT2D eigenvalue weighted by atomic mass is 10.2. The molecule has 0 aromatic heterocycles. The third-order valence-electron chi connectivity index (χ3n) is 2.94. The number of hydrogen-bond acceptors (Lipinski definition) is 3. The summed E-state index contributed by atoms with van der Waals surface area (Å²) >= 11 is 0. The van der Waals surface area contributed by atoms with Gasteiger partial charge in [-0.2, -0.15) is 0 Å². The van der Waals surface area contributed by atoms with Crippen LogP contribution < -0.4 is 5.32 Å². The summed E-state index contributed by atoms with van der Waals surface area (Å²) in [5.74, 6) is 0.288. The van der Waals surface area contributed by atoms with Crippen LogP contribution in [0.4, 0.5) is 0 Å². The zero-order chi connectivity index (χ0) is 9.26. The number of methoxy groups -OCH3 is 1. The molecule has 0 aliphatic carbocycles. The number of nitrogens with zero attached hydrogens (tertiary/aromatic N) is 1. The van der Waals surface area contributed by atoms with E-state index in [4.69, 9.17) is 4.74 Å². The van der Waals surface area contributed by atoms with E-state index in [0.717, 1.165) is 26.1 Å². The predicted molar refractivity (Wildman–Crippen MR) is 48.4 cm³/mol. The quantitative estimate of drug-likeness (QED) is 0.634. The highest BCUT2D eigenvalue weighted by Crippen LogP contribution is 2.19. The van der Waals surface area contributed by atoms with Gasteiger partial charge in [0, 0.05) is 33.2 Å². The third kappa shape index (κ3) is 1.56. The Morgan fingerprint density at radius 3 is 3.00 bits per heavy atom. The minimum atomic E-state index is 0.182. The Morgan fingerprint density at radius 1 is 1.54 bits per heavy atom. The molecule has 0 radical (unpaired) electrons. The van der Waals surface area contributed by atoms with Crippen molar-refractivity contribution in [2.24, 2.45) is 0 Å². The van der Waals surface area contributed by atoms with Crippen molar-refractivity contribution in [2.45, 2.75) is 25.0 Å². The number of rotatable bonds is 2. The zero-order valence-electron chi connectivity index (χ0n) is 7.95. The molecule has 2 aliphatic rings. The highest BCUT2D eigenvalue weighted by Gasteiger charge is 2.36. The molecule has 2 rings (SSSR count). The Kier molecular flexibility index (Phi) is 2.51. The van der Waals surface area contributed by atoms with Gasteiger partial charge in [-0.3, -0.25) is 4.79 Å². The number of amides is 1. The molecule has 2 heterocycles. The van der Waals surface area contributed by atoms with Gasteiger partial charge in [0.05, 0.1) is 12.1 Å². The summed E-state index contributed by atoms with van der Waals surface area (Å²) in [6.45, 7) is 2.65. The van der Waals surface area contributed by atoms with E-state index in [-0.39, 0.29) is 18.1 Å². The monoisotopic (exact) mass is 184 g/mol. The fraction of sp³-hybridized carbons (Fsp3) is 0.889. The van der Waals surface area contributed by atoms with Crippen LogP contribution in [0.2, 0.25) is 0 Å². The van der Waals surface area contributed by atoms with Crippen LogP contribution in [0.3, 0.4) is 0 Å². The van der Waals surface area contributed by atoms with E-state index in [2.05, 4.69) is 5.32 Å². The molecular formula is C9H16N2O2. The molecule has 0 bridgehead atoms. The molecule has 0 saturated carbocycles. The highest BCUT2D eigenvalue weighted by atomic mass is 16.5. The molecule has 1 N–H and O–H groups in total. The first-order valence-corrected chi connectivity index (χ1v) is 4.86. The number of likely N-dealkylation sites (tertiary alicyclic amines) is 1. The maximum absolute atomic E-state index is 11.5. The second kappa shape index (κ2) is 3.64. The van der Waals surface area contributed by atoms with E-state index in [1.54, 1.807) is 7.11 Å². The molecule has 0 aromatic rings. The van der Waals surface area contributed by atoms with E-state index in [9.17, 15) is 4.79 Å². The van der Waals surface area contributed by atoms with Gasteiger partial charge >= 0.3 is 0 Å². The van der Waals surface area contributed by atoms with Crippen molar-refractivity contribution >= 4 is 5.91 Å². The highest BCUT2D eigenvalue weighted by molar-refractivity contribution is 5.78. The standard InChI is InChI=1S/C9H16N2O2/c1-13-8-6-10-5-7(8)11-4-2-3-9(11)12/h7-8,10H,2-6H2,1H3/t7?,8-/m0/s1. The SMILES string of the molecule is CO[C@H]1CNCC1N1CCCC1=O. The normalized spacial score (nSPS) is 34.5. The van der Waals surface area contributed by atoms with Crippen LogP contribution in [-0.4, -0.2) is 49.7 Å². The van der Waals surface area contributed by atoms with E-state index >= 15 is 0 Å². The maximum Gasteiger partial charge on any atom is 0.223 e. The molecule has 4 heteroatoms. The van der Waals surface area contributed by atoms with E-state index in [0.29, 0.717) is 6.42 Å². The van der Waals surface area contributed by atoms with Gasteiger partial charge in [-0.25, -0.2) is 0 Å². The van der Waals surface area contributed by atoms with Gasteiger partial charge in [0.1, 0.15) is 0 Å². The second-order valence-electron chi connectivity index (χ2n) is 3.69. The number of hydrogen-bond donors (Lipinski definition) is 1. The minimum Gasteiger partial charge on any atom is -0.378 e. The van der Waals surface area contributed by atoms with Gasteiger partial charge in [-0.05, 0) is 6.42 Å². The van der Waals surface area contributed by atoms with E-state index in [1.165, 1.54) is 0 Å². The molecular weight excluding hydrogens is 168 g/mol. The van der Waals surface area contributed by atoms with Crippen LogP contribution in [0.5, 0.6) is 0 Å². The number of carbonyl (C=O) groups excluding carboxylic acids is 1. The smallest absolute Gasteiger partial charge is 0.223 e. The third-order valence-corrected chi connectivity index (χ3v) is 2.94. The molecule has 1 amide bonds. The number of nitrogens with one attached hydrogen (secondary N) is 1. The first kappa shape index (κ1) is 8.97. The van der Waals surface area contributed by atoms with Crippen LogP contribution >= 0.6 is 0 Å². The van der Waals surface area contributed by atoms with Crippen LogP contribution in [0.1, 0.15) is 12.8 Å². The van der Waals surface area contributed by atoms with Crippen molar-refractivity contribution in [3.63, 3.8) is 0 Å². The molecule has 1 unspecified atom stereocenters. The molecule has 74 valence electrons. The average molecular weight is 184 g/mol. The molecule has 2 atom stereocenters. The summed E-state index contributed by atoms with van der Waals surface area (Å²) in [5.41, 5.74) is 0. The van der Waals surface area contributed by atoms with Crippen LogP contribution in [-0.2, 0) is 9.53 Å². The second-order valence-corrected chi connectivity index (χ2v) is 3.69. The van der Waals surface area contributed by atoms with Gasteiger partial charge in [0.2, 0.25) is 5.91 Å². The summed E-state index contributed by atoms with van der Waals surface area (Å²) in [4.78, 5) is 13.4. The Morgan fingerprint density at radius 2 is 2.38 bits per heavy atom. The van der Waals surface area contributed by atoms with Crippen molar-refractivity contribution in [1.82, 2.24) is 10.2 Å². The fourth-order valence-corrected chi connectivity index (χ4v) is 2.21. The van der Waals surface area contributed by atoms with Gasteiger partial charge in [-0.15, -0.1) is 0 Å². The summed E-state index contributed by atoms with van der Waals surface area (Å²) < 4.78 is 5.33. The lowest BCUT2D eigenvalue weighted by molar-refractivity contribution is -0.131. The summed E-state index contributed by atoms with van der Waals surface area (Å²) in [7, 11) is 1.71. The van der Waals surface area contributed by atoms with Crippen molar-refractivity contribution in [3.05, 3.63) is 0 Å². The Labute approximate surface area is 78.2 Å². The van der Waals surface area contributed by atoms with Crippen molar-refractivity contribution < 1.29 is 9.53 Å². The Hall–Kier alpha value is -0.610. The first-order chi connectivity index (χ1) is 6.33. The molecule has 4 nitrogen and oxygen atoms in total. The summed E-state index contributed by atoms with van der Waals surface area (Å²) in [5, 5.41) is 3.25. The molecule has 2 fully saturated rings. The lowest BCUT2D eigenvalue weighted by Crippen LogP contribution is -2.44. The molecule has 2 aliphatic heterocycles. The first-order valence-electron chi connectivity index (χ1n) is 4.86. The van der Waals surface area contributed by atoms with Gasteiger partial charge in [0.25, 0.3) is 0 Å². The molecule has 0 aromatic carbocycles. The molecule has 13 heavy (non-hydrogen) atoms. The topological polar surface area (TPSA) is 41.6 Å². The van der Waals surface area contributed by atoms with Gasteiger partial charge in [0.15, 0.2) is 0 Å².